The van der Waals surface area contributed by atoms with Crippen LogP contribution in [0.4, 0.5) is 5.69 Å². The molecule has 0 aromatic heterocycles. The van der Waals surface area contributed by atoms with Gasteiger partial charge in [-0.15, -0.1) is 0 Å². The highest BCUT2D eigenvalue weighted by molar-refractivity contribution is 7.91. The molecule has 0 saturated carbocycles. The lowest BCUT2D eigenvalue weighted by Gasteiger charge is -2.36. The monoisotopic (exact) mass is 309 g/mol. The molecule has 1 aliphatic heterocycles. The number of carboxylic acids is 1. The number of carbonyl (C=O) groups is 1. The van der Waals surface area contributed by atoms with Gasteiger partial charge in [-0.1, -0.05) is 11.6 Å². The number of anilines is 1. The van der Waals surface area contributed by atoms with E-state index in [1.165, 1.54) is 0 Å². The van der Waals surface area contributed by atoms with Gasteiger partial charge in [0.2, 0.25) is 0 Å². The Morgan fingerprint density at radius 3 is 2.76 bits per heavy atom. The maximum atomic E-state index is 11.7. The first-order valence-electron chi connectivity index (χ1n) is 6.77. The van der Waals surface area contributed by atoms with E-state index in [0.29, 0.717) is 6.54 Å². The van der Waals surface area contributed by atoms with Crippen molar-refractivity contribution in [2.45, 2.75) is 19.9 Å². The molecule has 1 fully saturated rings. The second kappa shape index (κ2) is 5.89. The van der Waals surface area contributed by atoms with Crippen molar-refractivity contribution in [1.82, 2.24) is 0 Å². The molecule has 1 atom stereocenters. The van der Waals surface area contributed by atoms with E-state index in [0.717, 1.165) is 22.9 Å². The molecular formula is C15H19NO4S. The van der Waals surface area contributed by atoms with Crippen LogP contribution in [-0.4, -0.2) is 43.6 Å². The molecule has 5 nitrogen and oxygen atoms in total. The lowest BCUT2D eigenvalue weighted by molar-refractivity contribution is -0.131. The summed E-state index contributed by atoms with van der Waals surface area (Å²) in [4.78, 5) is 12.7. The first-order chi connectivity index (χ1) is 9.78. The highest BCUT2D eigenvalue weighted by atomic mass is 32.2. The fourth-order valence-electron chi connectivity index (χ4n) is 2.59. The third-order valence-electron chi connectivity index (χ3n) is 3.57. The second-order valence-corrected chi connectivity index (χ2v) is 7.62. The van der Waals surface area contributed by atoms with E-state index >= 15 is 0 Å². The summed E-state index contributed by atoms with van der Waals surface area (Å²) in [5, 5.41) is 8.79. The van der Waals surface area contributed by atoms with Crippen LogP contribution in [0.5, 0.6) is 0 Å². The van der Waals surface area contributed by atoms with Crippen LogP contribution in [0.25, 0.3) is 6.08 Å². The molecule has 0 bridgehead atoms. The van der Waals surface area contributed by atoms with Crippen LogP contribution in [-0.2, 0) is 14.6 Å². The van der Waals surface area contributed by atoms with Crippen molar-refractivity contribution in [3.05, 3.63) is 35.4 Å². The summed E-state index contributed by atoms with van der Waals surface area (Å²) >= 11 is 0. The van der Waals surface area contributed by atoms with Gasteiger partial charge in [-0.2, -0.15) is 0 Å². The average molecular weight is 309 g/mol. The number of carboxylic acid groups (broad SMARTS) is 1. The molecule has 1 unspecified atom stereocenters. The zero-order valence-electron chi connectivity index (χ0n) is 12.1. The molecule has 1 saturated heterocycles. The SMILES string of the molecule is Cc1ccc(N2CCS(=O)(=O)CC2C)c(/C=C/C(=O)O)c1. The number of rotatable bonds is 3. The number of sulfone groups is 1. The van der Waals surface area contributed by atoms with Gasteiger partial charge < -0.3 is 10.0 Å². The second-order valence-electron chi connectivity index (χ2n) is 5.39. The molecule has 6 heteroatoms. The summed E-state index contributed by atoms with van der Waals surface area (Å²) in [6.45, 7) is 4.24. The topological polar surface area (TPSA) is 74.7 Å². The fraction of sp³-hybridized carbons (Fsp3) is 0.400. The Labute approximate surface area is 124 Å². The van der Waals surface area contributed by atoms with Crippen molar-refractivity contribution in [2.24, 2.45) is 0 Å². The lowest BCUT2D eigenvalue weighted by atomic mass is 10.1. The van der Waals surface area contributed by atoms with Crippen LogP contribution in [0.15, 0.2) is 24.3 Å². The maximum Gasteiger partial charge on any atom is 0.328 e. The molecule has 1 aromatic carbocycles. The van der Waals surface area contributed by atoms with E-state index in [1.54, 1.807) is 6.08 Å². The smallest absolute Gasteiger partial charge is 0.328 e. The highest BCUT2D eigenvalue weighted by Crippen LogP contribution is 2.27. The summed E-state index contributed by atoms with van der Waals surface area (Å²) in [5.74, 6) is -0.743. The third-order valence-corrected chi connectivity index (χ3v) is 5.36. The maximum absolute atomic E-state index is 11.7. The highest BCUT2D eigenvalue weighted by Gasteiger charge is 2.29. The molecule has 114 valence electrons. The number of benzene rings is 1. The Morgan fingerprint density at radius 1 is 1.43 bits per heavy atom. The van der Waals surface area contributed by atoms with Crippen LogP contribution in [0.2, 0.25) is 0 Å². The van der Waals surface area contributed by atoms with E-state index in [4.69, 9.17) is 5.11 Å². The molecule has 1 N–H and O–H groups in total. The molecule has 2 rings (SSSR count). The normalized spacial score (nSPS) is 21.6. The number of nitrogens with zero attached hydrogens (tertiary/aromatic N) is 1. The van der Waals surface area contributed by atoms with Gasteiger partial charge in [0, 0.05) is 24.4 Å². The quantitative estimate of drug-likeness (QED) is 0.861. The van der Waals surface area contributed by atoms with Crippen molar-refractivity contribution >= 4 is 27.6 Å². The molecule has 1 aromatic rings. The molecule has 0 radical (unpaired) electrons. The number of aliphatic carboxylic acids is 1. The number of aryl methyl sites for hydroxylation is 1. The largest absolute Gasteiger partial charge is 0.478 e. The van der Waals surface area contributed by atoms with Gasteiger partial charge in [-0.3, -0.25) is 0 Å². The minimum absolute atomic E-state index is 0.122. The number of hydrogen-bond acceptors (Lipinski definition) is 4. The molecule has 0 aliphatic carbocycles. The Kier molecular flexibility index (Phi) is 4.37. The minimum Gasteiger partial charge on any atom is -0.478 e. The van der Waals surface area contributed by atoms with Gasteiger partial charge in [0.25, 0.3) is 0 Å². The zero-order valence-corrected chi connectivity index (χ0v) is 12.9. The lowest BCUT2D eigenvalue weighted by Crippen LogP contribution is -2.47. The van der Waals surface area contributed by atoms with Gasteiger partial charge in [-0.05, 0) is 37.6 Å². The van der Waals surface area contributed by atoms with E-state index in [2.05, 4.69) is 0 Å². The van der Waals surface area contributed by atoms with E-state index < -0.39 is 15.8 Å². The van der Waals surface area contributed by atoms with Crippen LogP contribution >= 0.6 is 0 Å². The summed E-state index contributed by atoms with van der Waals surface area (Å²) < 4.78 is 23.3. The van der Waals surface area contributed by atoms with Gasteiger partial charge >= 0.3 is 5.97 Å². The van der Waals surface area contributed by atoms with Crippen LogP contribution in [0.1, 0.15) is 18.1 Å². The minimum atomic E-state index is -2.97. The zero-order chi connectivity index (χ0) is 15.6. The van der Waals surface area contributed by atoms with Crippen molar-refractivity contribution in [1.29, 1.82) is 0 Å². The van der Waals surface area contributed by atoms with Gasteiger partial charge in [-0.25, -0.2) is 13.2 Å². The summed E-state index contributed by atoms with van der Waals surface area (Å²) in [6.07, 6.45) is 2.66. The molecule has 21 heavy (non-hydrogen) atoms. The van der Waals surface area contributed by atoms with Crippen molar-refractivity contribution in [3.63, 3.8) is 0 Å². The van der Waals surface area contributed by atoms with E-state index in [9.17, 15) is 13.2 Å². The van der Waals surface area contributed by atoms with Crippen molar-refractivity contribution in [3.8, 4) is 0 Å². The predicted molar refractivity (Wildman–Crippen MR) is 83.3 cm³/mol. The first-order valence-corrected chi connectivity index (χ1v) is 8.59. The fourth-order valence-corrected chi connectivity index (χ4v) is 4.14. The average Bonchev–Trinajstić information content (AvgIpc) is 2.36. The summed E-state index contributed by atoms with van der Waals surface area (Å²) in [7, 11) is -2.97. The Hall–Kier alpha value is -1.82. The number of hydrogen-bond donors (Lipinski definition) is 1. The molecular weight excluding hydrogens is 290 g/mol. The molecule has 1 heterocycles. The Morgan fingerprint density at radius 2 is 2.14 bits per heavy atom. The standard InChI is InChI=1S/C15H19NO4S/c1-11-3-5-14(13(9-11)4-6-15(17)18)16-7-8-21(19,20)10-12(16)2/h3-6,9,12H,7-8,10H2,1-2H3,(H,17,18)/b6-4+. The van der Waals surface area contributed by atoms with Crippen molar-refractivity contribution in [2.75, 3.05) is 23.0 Å². The first kappa shape index (κ1) is 15.6. The van der Waals surface area contributed by atoms with Gasteiger partial charge in [0.15, 0.2) is 9.84 Å². The predicted octanol–water partition coefficient (Wildman–Crippen LogP) is 1.72. The Bertz CT molecular complexity index is 679. The van der Waals surface area contributed by atoms with E-state index in [-0.39, 0.29) is 17.5 Å². The summed E-state index contributed by atoms with van der Waals surface area (Å²) in [5.41, 5.74) is 2.70. The molecule has 0 amide bonds. The summed E-state index contributed by atoms with van der Waals surface area (Å²) in [6, 6.07) is 5.66. The van der Waals surface area contributed by atoms with E-state index in [1.807, 2.05) is 36.9 Å². The van der Waals surface area contributed by atoms with Crippen LogP contribution < -0.4 is 4.90 Å². The van der Waals surface area contributed by atoms with Crippen LogP contribution in [0.3, 0.4) is 0 Å². The molecule has 0 spiro atoms. The Balaban J connectivity index is 2.37. The van der Waals surface area contributed by atoms with Gasteiger partial charge in [0.1, 0.15) is 0 Å². The van der Waals surface area contributed by atoms with Crippen molar-refractivity contribution < 1.29 is 18.3 Å². The van der Waals surface area contributed by atoms with Gasteiger partial charge in [0.05, 0.1) is 11.5 Å². The van der Waals surface area contributed by atoms with Crippen LogP contribution in [0, 0.1) is 6.92 Å². The molecule has 1 aliphatic rings. The third kappa shape index (κ3) is 3.85.